The van der Waals surface area contributed by atoms with Crippen LogP contribution in [-0.4, -0.2) is 30.1 Å². The number of hydrogen-bond acceptors (Lipinski definition) is 3. The van der Waals surface area contributed by atoms with Crippen LogP contribution in [0.3, 0.4) is 0 Å². The van der Waals surface area contributed by atoms with Crippen molar-refractivity contribution in [2.45, 2.75) is 45.4 Å². The minimum Gasteiger partial charge on any atom is -0.478 e. The maximum atomic E-state index is 12.9. The van der Waals surface area contributed by atoms with E-state index >= 15 is 0 Å². The zero-order valence-electron chi connectivity index (χ0n) is 15.6. The molecule has 1 saturated heterocycles. The fourth-order valence-corrected chi connectivity index (χ4v) is 3.17. The quantitative estimate of drug-likeness (QED) is 0.800. The van der Waals surface area contributed by atoms with E-state index in [1.54, 1.807) is 24.3 Å². The second kappa shape index (κ2) is 7.29. The van der Waals surface area contributed by atoms with Gasteiger partial charge in [-0.2, -0.15) is 0 Å². The Bertz CT molecular complexity index is 783. The lowest BCUT2D eigenvalue weighted by atomic mass is 9.94. The molecule has 2 aromatic carbocycles. The average molecular weight is 373 g/mol. The zero-order valence-corrected chi connectivity index (χ0v) is 16.4. The second-order valence-electron chi connectivity index (χ2n) is 7.69. The van der Waals surface area contributed by atoms with Gasteiger partial charge in [0.05, 0.1) is 6.04 Å². The molecule has 26 heavy (non-hydrogen) atoms. The highest BCUT2D eigenvalue weighted by Crippen LogP contribution is 2.33. The van der Waals surface area contributed by atoms with Gasteiger partial charge in [0.2, 0.25) is 0 Å². The summed E-state index contributed by atoms with van der Waals surface area (Å²) in [5, 5.41) is 4.14. The summed E-state index contributed by atoms with van der Waals surface area (Å²) in [6.07, 6.45) is -0.509. The predicted octanol–water partition coefficient (Wildman–Crippen LogP) is 4.20. The Morgan fingerprint density at radius 1 is 1.12 bits per heavy atom. The van der Waals surface area contributed by atoms with Crippen LogP contribution in [0.2, 0.25) is 5.02 Å². The lowest BCUT2D eigenvalue weighted by Gasteiger charge is -2.47. The Morgan fingerprint density at radius 2 is 1.77 bits per heavy atom. The molecule has 1 amide bonds. The van der Waals surface area contributed by atoms with Crippen molar-refractivity contribution in [1.29, 1.82) is 0 Å². The molecular weight excluding hydrogens is 348 g/mol. The number of hydrogen-bond donors (Lipinski definition) is 1. The molecule has 0 saturated carbocycles. The Kier molecular flexibility index (Phi) is 5.26. The molecule has 1 heterocycles. The molecule has 1 fully saturated rings. The minimum absolute atomic E-state index is 0.0186. The van der Waals surface area contributed by atoms with Crippen molar-refractivity contribution in [3.05, 3.63) is 59.1 Å². The van der Waals surface area contributed by atoms with Gasteiger partial charge in [-0.25, -0.2) is 0 Å². The molecule has 138 valence electrons. The molecule has 0 bridgehead atoms. The van der Waals surface area contributed by atoms with Crippen LogP contribution in [0.5, 0.6) is 5.75 Å². The Labute approximate surface area is 160 Å². The summed E-state index contributed by atoms with van der Waals surface area (Å²) in [6.45, 7) is 9.01. The normalized spacial score (nSPS) is 20.0. The topological polar surface area (TPSA) is 41.6 Å². The largest absolute Gasteiger partial charge is 0.478 e. The molecule has 0 spiro atoms. The van der Waals surface area contributed by atoms with Crippen molar-refractivity contribution in [2.24, 2.45) is 0 Å². The van der Waals surface area contributed by atoms with Gasteiger partial charge in [-0.05, 0) is 63.6 Å². The Morgan fingerprint density at radius 3 is 2.38 bits per heavy atom. The van der Waals surface area contributed by atoms with E-state index in [1.165, 1.54) is 0 Å². The van der Waals surface area contributed by atoms with Crippen LogP contribution >= 0.6 is 11.6 Å². The van der Waals surface area contributed by atoms with Crippen LogP contribution in [-0.2, 0) is 4.79 Å². The van der Waals surface area contributed by atoms with E-state index in [4.69, 9.17) is 16.3 Å². The Balaban J connectivity index is 1.82. The predicted molar refractivity (Wildman–Crippen MR) is 106 cm³/mol. The Hall–Kier alpha value is -2.04. The monoisotopic (exact) mass is 372 g/mol. The van der Waals surface area contributed by atoms with Gasteiger partial charge in [0.1, 0.15) is 5.75 Å². The fraction of sp³-hybridized carbons (Fsp3) is 0.381. The number of ether oxygens (including phenoxy) is 1. The number of anilines is 1. The SMILES string of the molecule is Cc1ccccc1N1C(=O)[C@@H](Oc2ccc(Cl)cc2)[C@@H]1CNC(C)(C)C. The maximum absolute atomic E-state index is 12.9. The van der Waals surface area contributed by atoms with Crippen LogP contribution < -0.4 is 15.0 Å². The van der Waals surface area contributed by atoms with Crippen molar-refractivity contribution in [2.75, 3.05) is 11.4 Å². The lowest BCUT2D eigenvalue weighted by Crippen LogP contribution is -2.71. The zero-order chi connectivity index (χ0) is 18.9. The number of aryl methyl sites for hydroxylation is 1. The number of para-hydroxylation sites is 1. The smallest absolute Gasteiger partial charge is 0.270 e. The van der Waals surface area contributed by atoms with E-state index in [0.717, 1.165) is 11.3 Å². The molecule has 0 unspecified atom stereocenters. The summed E-state index contributed by atoms with van der Waals surface area (Å²) < 4.78 is 6.00. The second-order valence-corrected chi connectivity index (χ2v) is 8.12. The van der Waals surface area contributed by atoms with Gasteiger partial charge in [0.25, 0.3) is 5.91 Å². The third kappa shape index (κ3) is 4.02. The van der Waals surface area contributed by atoms with Crippen LogP contribution in [0.4, 0.5) is 5.69 Å². The highest BCUT2D eigenvalue weighted by Gasteiger charge is 2.50. The first-order chi connectivity index (χ1) is 12.3. The molecule has 0 radical (unpaired) electrons. The summed E-state index contributed by atoms with van der Waals surface area (Å²) in [4.78, 5) is 14.7. The van der Waals surface area contributed by atoms with E-state index in [9.17, 15) is 4.79 Å². The van der Waals surface area contributed by atoms with Gasteiger partial charge in [-0.15, -0.1) is 0 Å². The van der Waals surface area contributed by atoms with E-state index in [2.05, 4.69) is 26.1 Å². The standard InChI is InChI=1S/C21H25ClN2O2/c1-14-7-5-6-8-17(14)24-18(13-23-21(2,3)4)19(20(24)25)26-16-11-9-15(22)10-12-16/h5-12,18-19,23H,13H2,1-4H3/t18-,19-/m0/s1. The molecule has 2 aromatic rings. The summed E-state index contributed by atoms with van der Waals surface area (Å²) in [5.74, 6) is 0.632. The third-order valence-electron chi connectivity index (χ3n) is 4.46. The van der Waals surface area contributed by atoms with Gasteiger partial charge < -0.3 is 15.0 Å². The number of carbonyl (C=O) groups excluding carboxylic acids is 1. The van der Waals surface area contributed by atoms with Gasteiger partial charge >= 0.3 is 0 Å². The number of halogens is 1. The summed E-state index contributed by atoms with van der Waals surface area (Å²) in [6, 6.07) is 15.0. The van der Waals surface area contributed by atoms with E-state index in [0.29, 0.717) is 17.3 Å². The molecule has 2 atom stereocenters. The van der Waals surface area contributed by atoms with Crippen molar-refractivity contribution in [3.63, 3.8) is 0 Å². The molecule has 0 aliphatic carbocycles. The molecule has 4 nitrogen and oxygen atoms in total. The molecule has 1 aliphatic rings. The number of amides is 1. The van der Waals surface area contributed by atoms with Crippen LogP contribution in [0.1, 0.15) is 26.3 Å². The molecule has 0 aromatic heterocycles. The van der Waals surface area contributed by atoms with Crippen molar-refractivity contribution >= 4 is 23.2 Å². The summed E-state index contributed by atoms with van der Waals surface area (Å²) in [7, 11) is 0. The van der Waals surface area contributed by atoms with Crippen LogP contribution in [0.15, 0.2) is 48.5 Å². The number of nitrogens with one attached hydrogen (secondary N) is 1. The number of β-lactam (4-membered cyclic amide) rings is 1. The van der Waals surface area contributed by atoms with Crippen molar-refractivity contribution in [3.8, 4) is 5.75 Å². The minimum atomic E-state index is -0.509. The number of rotatable bonds is 5. The number of carbonyl (C=O) groups is 1. The highest BCUT2D eigenvalue weighted by atomic mass is 35.5. The molecule has 1 N–H and O–H groups in total. The van der Waals surface area contributed by atoms with Crippen molar-refractivity contribution < 1.29 is 9.53 Å². The lowest BCUT2D eigenvalue weighted by molar-refractivity contribution is -0.134. The summed E-state index contributed by atoms with van der Waals surface area (Å²) >= 11 is 5.93. The molecular formula is C21H25ClN2O2. The highest BCUT2D eigenvalue weighted by molar-refractivity contribution is 6.30. The van der Waals surface area contributed by atoms with Crippen molar-refractivity contribution in [1.82, 2.24) is 5.32 Å². The first-order valence-electron chi connectivity index (χ1n) is 8.82. The molecule has 1 aliphatic heterocycles. The fourth-order valence-electron chi connectivity index (χ4n) is 3.05. The van der Waals surface area contributed by atoms with Gasteiger partial charge in [-0.1, -0.05) is 29.8 Å². The third-order valence-corrected chi connectivity index (χ3v) is 4.71. The summed E-state index contributed by atoms with van der Waals surface area (Å²) in [5.41, 5.74) is 1.97. The average Bonchev–Trinajstić information content (AvgIpc) is 2.58. The molecule has 3 rings (SSSR count). The van der Waals surface area contributed by atoms with Gasteiger partial charge in [0.15, 0.2) is 6.10 Å². The number of nitrogens with zero attached hydrogens (tertiary/aromatic N) is 1. The maximum Gasteiger partial charge on any atom is 0.270 e. The first kappa shape index (κ1) is 18.7. The molecule has 5 heteroatoms. The van der Waals surface area contributed by atoms with Gasteiger partial charge in [0, 0.05) is 22.8 Å². The van der Waals surface area contributed by atoms with Crippen LogP contribution in [0.25, 0.3) is 0 Å². The van der Waals surface area contributed by atoms with Gasteiger partial charge in [-0.3, -0.25) is 4.79 Å². The van der Waals surface area contributed by atoms with Crippen LogP contribution in [0, 0.1) is 6.92 Å². The number of benzene rings is 2. The van der Waals surface area contributed by atoms with E-state index in [1.807, 2.05) is 36.1 Å². The first-order valence-corrected chi connectivity index (χ1v) is 9.20. The van der Waals surface area contributed by atoms with E-state index < -0.39 is 6.10 Å². The van der Waals surface area contributed by atoms with E-state index in [-0.39, 0.29) is 17.5 Å².